The molecule has 4 rings (SSSR count). The lowest BCUT2D eigenvalue weighted by atomic mass is 10.1. The van der Waals surface area contributed by atoms with Gasteiger partial charge in [0.2, 0.25) is 0 Å². The largest absolute Gasteiger partial charge is 0.504 e. The summed E-state index contributed by atoms with van der Waals surface area (Å²) in [6.07, 6.45) is 2.98. The SMILES string of the molecule is O=C(Oc1ccc(-c2cc(=O)c3ccc(O)c(O)c3[nH]2)cc1)c1cccnc1. The molecule has 2 aromatic heterocycles. The van der Waals surface area contributed by atoms with Crippen LogP contribution in [0.1, 0.15) is 10.4 Å². The van der Waals surface area contributed by atoms with Crippen LogP contribution in [0.2, 0.25) is 0 Å². The van der Waals surface area contributed by atoms with Gasteiger partial charge in [0.05, 0.1) is 11.1 Å². The molecule has 7 heteroatoms. The standard InChI is InChI=1S/C21H14N2O5/c24-17-8-7-15-18(25)10-16(23-19(15)20(17)26)12-3-5-14(6-4-12)28-21(27)13-2-1-9-22-11-13/h1-11,24,26H,(H,23,25). The molecule has 4 aromatic rings. The molecule has 0 fully saturated rings. The third-order valence-corrected chi connectivity index (χ3v) is 4.23. The molecule has 2 aromatic carbocycles. The number of carbonyl (C=O) groups excluding carboxylic acids is 1. The highest BCUT2D eigenvalue weighted by Gasteiger charge is 2.12. The van der Waals surface area contributed by atoms with Gasteiger partial charge >= 0.3 is 5.97 Å². The highest BCUT2D eigenvalue weighted by atomic mass is 16.5. The number of hydrogen-bond donors (Lipinski definition) is 3. The summed E-state index contributed by atoms with van der Waals surface area (Å²) >= 11 is 0. The van der Waals surface area contributed by atoms with Gasteiger partial charge in [-0.1, -0.05) is 0 Å². The fourth-order valence-corrected chi connectivity index (χ4v) is 2.80. The normalized spacial score (nSPS) is 10.7. The van der Waals surface area contributed by atoms with Gasteiger partial charge in [-0.25, -0.2) is 4.79 Å². The second kappa shape index (κ2) is 6.88. The summed E-state index contributed by atoms with van der Waals surface area (Å²) < 4.78 is 5.30. The van der Waals surface area contributed by atoms with Gasteiger partial charge in [-0.15, -0.1) is 0 Å². The van der Waals surface area contributed by atoms with E-state index in [1.807, 2.05) is 0 Å². The molecule has 0 saturated carbocycles. The number of H-pyrrole nitrogens is 1. The lowest BCUT2D eigenvalue weighted by Crippen LogP contribution is -2.08. The number of hydrogen-bond acceptors (Lipinski definition) is 6. The second-order valence-corrected chi connectivity index (χ2v) is 6.06. The van der Waals surface area contributed by atoms with Gasteiger partial charge < -0.3 is 19.9 Å². The van der Waals surface area contributed by atoms with Gasteiger partial charge in [0, 0.05) is 29.5 Å². The molecule has 28 heavy (non-hydrogen) atoms. The fraction of sp³-hybridized carbons (Fsp3) is 0. The number of fused-ring (bicyclic) bond motifs is 1. The van der Waals surface area contributed by atoms with Crippen molar-refractivity contribution in [1.82, 2.24) is 9.97 Å². The van der Waals surface area contributed by atoms with Gasteiger partial charge in [0.15, 0.2) is 16.9 Å². The lowest BCUT2D eigenvalue weighted by Gasteiger charge is -2.08. The number of rotatable bonds is 3. The van der Waals surface area contributed by atoms with E-state index in [9.17, 15) is 19.8 Å². The number of nitrogens with one attached hydrogen (secondary N) is 1. The predicted molar refractivity (Wildman–Crippen MR) is 103 cm³/mol. The Morgan fingerprint density at radius 2 is 1.82 bits per heavy atom. The number of aromatic nitrogens is 2. The number of carbonyl (C=O) groups is 1. The summed E-state index contributed by atoms with van der Waals surface area (Å²) in [5, 5.41) is 19.9. The van der Waals surface area contributed by atoms with Crippen molar-refractivity contribution < 1.29 is 19.7 Å². The molecule has 0 unspecified atom stereocenters. The van der Waals surface area contributed by atoms with Crippen molar-refractivity contribution in [3.8, 4) is 28.5 Å². The average molecular weight is 374 g/mol. The molecule has 0 aliphatic heterocycles. The number of pyridine rings is 2. The minimum Gasteiger partial charge on any atom is -0.504 e. The first-order valence-electron chi connectivity index (χ1n) is 8.33. The monoisotopic (exact) mass is 374 g/mol. The van der Waals surface area contributed by atoms with E-state index in [0.29, 0.717) is 22.6 Å². The molecule has 0 atom stereocenters. The molecular weight excluding hydrogens is 360 g/mol. The minimum absolute atomic E-state index is 0.148. The van der Waals surface area contributed by atoms with Crippen LogP contribution in [0, 0.1) is 0 Å². The number of aromatic hydroxyl groups is 2. The highest BCUT2D eigenvalue weighted by molar-refractivity contribution is 5.91. The van der Waals surface area contributed by atoms with Gasteiger partial charge in [0.25, 0.3) is 0 Å². The Morgan fingerprint density at radius 1 is 1.04 bits per heavy atom. The third kappa shape index (κ3) is 3.16. The van der Waals surface area contributed by atoms with Gasteiger partial charge in [-0.2, -0.15) is 0 Å². The highest BCUT2D eigenvalue weighted by Crippen LogP contribution is 2.32. The summed E-state index contributed by atoms with van der Waals surface area (Å²) in [7, 11) is 0. The minimum atomic E-state index is -0.527. The zero-order valence-electron chi connectivity index (χ0n) is 14.4. The Hall–Kier alpha value is -4.13. The van der Waals surface area contributed by atoms with Crippen LogP contribution in [0.15, 0.2) is 71.8 Å². The van der Waals surface area contributed by atoms with Crippen LogP contribution >= 0.6 is 0 Å². The maximum Gasteiger partial charge on any atom is 0.345 e. The number of benzene rings is 2. The van der Waals surface area contributed by atoms with Crippen molar-refractivity contribution in [3.63, 3.8) is 0 Å². The molecule has 0 bridgehead atoms. The molecule has 0 amide bonds. The molecule has 2 heterocycles. The second-order valence-electron chi connectivity index (χ2n) is 6.06. The van der Waals surface area contributed by atoms with Crippen molar-refractivity contribution in [2.45, 2.75) is 0 Å². The first kappa shape index (κ1) is 17.3. The van der Waals surface area contributed by atoms with Crippen LogP contribution in [0.4, 0.5) is 0 Å². The summed E-state index contributed by atoms with van der Waals surface area (Å²) in [5.74, 6) is -0.905. The molecule has 0 radical (unpaired) electrons. The summed E-state index contributed by atoms with van der Waals surface area (Å²) in [5.41, 5.74) is 1.27. The molecule has 0 saturated heterocycles. The van der Waals surface area contributed by atoms with Gasteiger partial charge in [0.1, 0.15) is 5.75 Å². The zero-order chi connectivity index (χ0) is 19.7. The van der Waals surface area contributed by atoms with Crippen molar-refractivity contribution >= 4 is 16.9 Å². The Kier molecular flexibility index (Phi) is 4.25. The summed E-state index contributed by atoms with van der Waals surface area (Å²) in [4.78, 5) is 31.2. The van der Waals surface area contributed by atoms with E-state index in [-0.39, 0.29) is 22.1 Å². The van der Waals surface area contributed by atoms with Crippen molar-refractivity contribution in [2.24, 2.45) is 0 Å². The molecule has 0 aliphatic rings. The van der Waals surface area contributed by atoms with Crippen LogP contribution < -0.4 is 10.2 Å². The van der Waals surface area contributed by atoms with E-state index in [0.717, 1.165) is 0 Å². The molecule has 7 nitrogen and oxygen atoms in total. The maximum atomic E-state index is 12.3. The van der Waals surface area contributed by atoms with Crippen LogP contribution in [0.3, 0.4) is 0 Å². The van der Waals surface area contributed by atoms with Crippen molar-refractivity contribution in [3.05, 3.63) is 82.8 Å². The molecule has 3 N–H and O–H groups in total. The quantitative estimate of drug-likeness (QED) is 0.288. The number of esters is 1. The van der Waals surface area contributed by atoms with E-state index in [1.54, 1.807) is 42.6 Å². The van der Waals surface area contributed by atoms with E-state index >= 15 is 0 Å². The first-order chi connectivity index (χ1) is 13.5. The van der Waals surface area contributed by atoms with E-state index in [1.165, 1.54) is 24.4 Å². The van der Waals surface area contributed by atoms with E-state index < -0.39 is 11.7 Å². The van der Waals surface area contributed by atoms with Gasteiger partial charge in [-0.05, 0) is 54.1 Å². The van der Waals surface area contributed by atoms with Gasteiger partial charge in [-0.3, -0.25) is 9.78 Å². The Morgan fingerprint density at radius 3 is 2.54 bits per heavy atom. The number of aromatic amines is 1. The molecular formula is C21H14N2O5. The number of ether oxygens (including phenoxy) is 1. The zero-order valence-corrected chi connectivity index (χ0v) is 14.4. The number of phenolic OH excluding ortho intramolecular Hbond substituents is 2. The van der Waals surface area contributed by atoms with E-state index in [2.05, 4.69) is 9.97 Å². The average Bonchev–Trinajstić information content (AvgIpc) is 2.72. The van der Waals surface area contributed by atoms with E-state index in [4.69, 9.17) is 4.74 Å². The Bertz CT molecular complexity index is 1230. The fourth-order valence-electron chi connectivity index (χ4n) is 2.80. The lowest BCUT2D eigenvalue weighted by molar-refractivity contribution is 0.0734. The summed E-state index contributed by atoms with van der Waals surface area (Å²) in [6.45, 7) is 0. The smallest absolute Gasteiger partial charge is 0.345 e. The summed E-state index contributed by atoms with van der Waals surface area (Å²) in [6, 6.07) is 13.9. The topological polar surface area (TPSA) is 113 Å². The molecule has 0 spiro atoms. The third-order valence-electron chi connectivity index (χ3n) is 4.23. The predicted octanol–water partition coefficient (Wildman–Crippen LogP) is 3.22. The molecule has 138 valence electrons. The maximum absolute atomic E-state index is 12.3. The van der Waals surface area contributed by atoms with Crippen LogP contribution in [-0.4, -0.2) is 26.2 Å². The first-order valence-corrected chi connectivity index (χ1v) is 8.33. The van der Waals surface area contributed by atoms with Crippen LogP contribution in [-0.2, 0) is 0 Å². The van der Waals surface area contributed by atoms with Crippen molar-refractivity contribution in [2.75, 3.05) is 0 Å². The Balaban J connectivity index is 1.65. The van der Waals surface area contributed by atoms with Crippen LogP contribution in [0.5, 0.6) is 17.2 Å². The molecule has 0 aliphatic carbocycles. The number of phenols is 2. The van der Waals surface area contributed by atoms with Crippen LogP contribution in [0.25, 0.3) is 22.2 Å². The Labute approximate surface area is 158 Å². The van der Waals surface area contributed by atoms with Crippen molar-refractivity contribution in [1.29, 1.82) is 0 Å². The number of nitrogens with zero attached hydrogens (tertiary/aromatic N) is 1.